The summed E-state index contributed by atoms with van der Waals surface area (Å²) in [5.74, 6) is 1.85. The molecule has 1 amide bonds. The van der Waals surface area contributed by atoms with Crippen molar-refractivity contribution in [2.75, 3.05) is 7.11 Å². The predicted octanol–water partition coefficient (Wildman–Crippen LogP) is 7.62. The number of carbonyl (C=O) groups excluding carboxylic acids is 2. The van der Waals surface area contributed by atoms with Crippen molar-refractivity contribution >= 4 is 22.9 Å². The number of rotatable bonds is 8. The van der Waals surface area contributed by atoms with E-state index in [0.717, 1.165) is 31.7 Å². The Labute approximate surface area is 244 Å². The second kappa shape index (κ2) is 12.4. The molecule has 42 heavy (non-hydrogen) atoms. The molecule has 0 radical (unpaired) electrons. The average molecular weight is 588 g/mol. The number of methoxy groups -OCH3 is 1. The third-order valence-electron chi connectivity index (χ3n) is 7.86. The third kappa shape index (κ3) is 7.63. The van der Waals surface area contributed by atoms with E-state index >= 15 is 0 Å². The smallest absolute Gasteiger partial charge is 0.416 e. The fraction of sp³-hybridized carbons (Fsp3) is 0.531. The number of nitrogens with zero attached hydrogens (tertiary/aromatic N) is 2. The highest BCUT2D eigenvalue weighted by molar-refractivity contribution is 6.02. The first-order chi connectivity index (χ1) is 19.6. The molecule has 1 aliphatic carbocycles. The van der Waals surface area contributed by atoms with E-state index in [-0.39, 0.29) is 24.3 Å². The van der Waals surface area contributed by atoms with Crippen molar-refractivity contribution in [2.24, 2.45) is 18.9 Å². The fourth-order valence-corrected chi connectivity index (χ4v) is 5.56. The molecule has 1 aliphatic rings. The lowest BCUT2D eigenvalue weighted by Gasteiger charge is -2.25. The summed E-state index contributed by atoms with van der Waals surface area (Å²) in [6, 6.07) is 7.22. The number of alkyl carbamates (subject to hydrolysis) is 1. The number of nitrogens with one attached hydrogen (secondary N) is 1. The number of fused-ring (bicyclic) bond motifs is 1. The van der Waals surface area contributed by atoms with Gasteiger partial charge in [0, 0.05) is 32.5 Å². The van der Waals surface area contributed by atoms with Gasteiger partial charge in [0.2, 0.25) is 0 Å². The minimum atomic E-state index is -4.57. The molecule has 0 unspecified atom stereocenters. The van der Waals surface area contributed by atoms with E-state index in [1.165, 1.54) is 19.2 Å². The first kappa shape index (κ1) is 31.4. The number of Topliss-reactive ketones (excluding diaryl/α,β-unsaturated/α-hetero) is 1. The number of imidazole rings is 1. The van der Waals surface area contributed by atoms with Crippen LogP contribution >= 0.6 is 0 Å². The molecule has 4 rings (SSSR count). The van der Waals surface area contributed by atoms with Gasteiger partial charge in [-0.2, -0.15) is 13.2 Å². The molecule has 1 aromatic heterocycles. The Kier molecular flexibility index (Phi) is 9.23. The second-order valence-corrected chi connectivity index (χ2v) is 12.4. The van der Waals surface area contributed by atoms with Gasteiger partial charge in [0.15, 0.2) is 5.78 Å². The zero-order chi connectivity index (χ0) is 30.8. The van der Waals surface area contributed by atoms with Gasteiger partial charge in [-0.25, -0.2) is 9.78 Å². The molecule has 0 saturated heterocycles. The van der Waals surface area contributed by atoms with Crippen LogP contribution in [0.15, 0.2) is 30.3 Å². The number of carbonyl (C=O) groups is 2. The highest BCUT2D eigenvalue weighted by atomic mass is 19.4. The minimum Gasteiger partial charge on any atom is -0.496 e. The van der Waals surface area contributed by atoms with E-state index in [4.69, 9.17) is 9.47 Å². The van der Waals surface area contributed by atoms with Crippen LogP contribution in [0.5, 0.6) is 5.75 Å². The molecule has 1 fully saturated rings. The molecular formula is C32H40F3N3O4. The Morgan fingerprint density at radius 1 is 1.07 bits per heavy atom. The molecule has 228 valence electrons. The Morgan fingerprint density at radius 2 is 1.76 bits per heavy atom. The number of hydrogen-bond donors (Lipinski definition) is 1. The maximum atomic E-state index is 14.0. The molecule has 3 aromatic rings. The van der Waals surface area contributed by atoms with Gasteiger partial charge < -0.3 is 19.4 Å². The summed E-state index contributed by atoms with van der Waals surface area (Å²) >= 11 is 0. The lowest BCUT2D eigenvalue weighted by Crippen LogP contribution is -2.32. The lowest BCUT2D eigenvalue weighted by atomic mass is 9.80. The summed E-state index contributed by atoms with van der Waals surface area (Å²) in [7, 11) is 3.24. The van der Waals surface area contributed by atoms with Crippen molar-refractivity contribution in [1.29, 1.82) is 0 Å². The Morgan fingerprint density at radius 3 is 2.38 bits per heavy atom. The summed E-state index contributed by atoms with van der Waals surface area (Å²) in [5.41, 5.74) is 0.669. The molecule has 0 bridgehead atoms. The molecule has 1 N–H and O–H groups in total. The number of halogens is 3. The first-order valence-electron chi connectivity index (χ1n) is 14.4. The number of hydrogen-bond acceptors (Lipinski definition) is 5. The topological polar surface area (TPSA) is 82.4 Å². The molecule has 2 aromatic carbocycles. The first-order valence-corrected chi connectivity index (χ1v) is 14.4. The van der Waals surface area contributed by atoms with Crippen molar-refractivity contribution in [2.45, 2.75) is 84.5 Å². The molecule has 1 heterocycles. The summed E-state index contributed by atoms with van der Waals surface area (Å²) < 4.78 is 54.4. The van der Waals surface area contributed by atoms with Crippen molar-refractivity contribution in [3.05, 3.63) is 58.4 Å². The van der Waals surface area contributed by atoms with Gasteiger partial charge in [-0.3, -0.25) is 4.79 Å². The van der Waals surface area contributed by atoms with Gasteiger partial charge in [-0.15, -0.1) is 0 Å². The molecule has 0 aliphatic heterocycles. The van der Waals surface area contributed by atoms with Crippen LogP contribution < -0.4 is 10.1 Å². The molecule has 10 heteroatoms. The Balaban J connectivity index is 1.61. The second-order valence-electron chi connectivity index (χ2n) is 12.4. The highest BCUT2D eigenvalue weighted by Crippen LogP contribution is 2.36. The zero-order valence-corrected chi connectivity index (χ0v) is 25.2. The van der Waals surface area contributed by atoms with Crippen LogP contribution in [0.2, 0.25) is 0 Å². The lowest BCUT2D eigenvalue weighted by molar-refractivity contribution is -0.138. The highest BCUT2D eigenvalue weighted by Gasteiger charge is 2.34. The van der Waals surface area contributed by atoms with Gasteiger partial charge in [0.25, 0.3) is 0 Å². The van der Waals surface area contributed by atoms with Crippen LogP contribution in [-0.4, -0.2) is 34.1 Å². The zero-order valence-electron chi connectivity index (χ0n) is 25.2. The van der Waals surface area contributed by atoms with Crippen LogP contribution in [0.3, 0.4) is 0 Å². The fourth-order valence-electron chi connectivity index (χ4n) is 5.56. The number of aromatic nitrogens is 2. The maximum Gasteiger partial charge on any atom is 0.416 e. The average Bonchev–Trinajstić information content (AvgIpc) is 3.20. The van der Waals surface area contributed by atoms with E-state index in [1.807, 2.05) is 0 Å². The SMILES string of the molecule is COc1cc2c(cc1C(=O)CC1CCC(C)CC1)nc(Cc1cc(CNC(=O)OC(C)(C)C)ccc1C(F)(F)F)n2C. The predicted molar refractivity (Wildman–Crippen MR) is 155 cm³/mol. The van der Waals surface area contributed by atoms with Crippen LogP contribution in [0, 0.1) is 11.8 Å². The summed E-state index contributed by atoms with van der Waals surface area (Å²) in [6.07, 6.45) is -0.600. The normalized spacial score (nSPS) is 17.7. The maximum absolute atomic E-state index is 14.0. The van der Waals surface area contributed by atoms with E-state index < -0.39 is 23.4 Å². The van der Waals surface area contributed by atoms with E-state index in [1.54, 1.807) is 44.5 Å². The van der Waals surface area contributed by atoms with Crippen LogP contribution in [0.25, 0.3) is 11.0 Å². The van der Waals surface area contributed by atoms with Crippen molar-refractivity contribution in [3.63, 3.8) is 0 Å². The molecule has 7 nitrogen and oxygen atoms in total. The summed E-state index contributed by atoms with van der Waals surface area (Å²) in [5, 5.41) is 2.59. The van der Waals surface area contributed by atoms with Crippen molar-refractivity contribution < 1.29 is 32.2 Å². The van der Waals surface area contributed by atoms with Gasteiger partial charge in [-0.1, -0.05) is 31.9 Å². The van der Waals surface area contributed by atoms with Crippen molar-refractivity contribution in [1.82, 2.24) is 14.9 Å². The Bertz CT molecular complexity index is 1450. The van der Waals surface area contributed by atoms with Gasteiger partial charge in [-0.05, 0) is 68.7 Å². The van der Waals surface area contributed by atoms with Crippen LogP contribution in [-0.2, 0) is 30.9 Å². The number of ketones is 1. The molecule has 0 spiro atoms. The quantitative estimate of drug-likeness (QED) is 0.274. The molecule has 1 saturated carbocycles. The van der Waals surface area contributed by atoms with Gasteiger partial charge in [0.05, 0.1) is 29.3 Å². The molecule has 0 atom stereocenters. The van der Waals surface area contributed by atoms with E-state index in [2.05, 4.69) is 17.2 Å². The largest absolute Gasteiger partial charge is 0.496 e. The standard InChI is InChI=1S/C32H40F3N3O4/c1-19-7-9-20(10-8-19)14-27(39)23-16-25-26(17-28(23)41-6)38(5)29(37-25)15-22-13-21(11-12-24(22)32(33,34)35)18-36-30(40)42-31(2,3)4/h11-13,16-17,19-20H,7-10,14-15,18H2,1-6H3,(H,36,40). The minimum absolute atomic E-state index is 0.00513. The number of amides is 1. The van der Waals surface area contributed by atoms with Gasteiger partial charge in [0.1, 0.15) is 17.2 Å². The van der Waals surface area contributed by atoms with E-state index in [9.17, 15) is 22.8 Å². The Hall–Kier alpha value is -3.56. The number of ether oxygens (including phenoxy) is 2. The van der Waals surface area contributed by atoms with Crippen LogP contribution in [0.4, 0.5) is 18.0 Å². The third-order valence-corrected chi connectivity index (χ3v) is 7.86. The van der Waals surface area contributed by atoms with E-state index in [0.29, 0.717) is 52.0 Å². The molecular weight excluding hydrogens is 547 g/mol. The van der Waals surface area contributed by atoms with Gasteiger partial charge >= 0.3 is 12.3 Å². The monoisotopic (exact) mass is 587 g/mol. The number of benzene rings is 2. The number of alkyl halides is 3. The summed E-state index contributed by atoms with van der Waals surface area (Å²) in [4.78, 5) is 30.0. The summed E-state index contributed by atoms with van der Waals surface area (Å²) in [6.45, 7) is 7.43. The number of aryl methyl sites for hydroxylation is 1. The van der Waals surface area contributed by atoms with Crippen LogP contribution in [0.1, 0.15) is 92.7 Å². The van der Waals surface area contributed by atoms with Crippen molar-refractivity contribution in [3.8, 4) is 5.75 Å².